The molecule has 0 aromatic carbocycles. The SMILES string of the molecule is O=C(Nc1ccc(-c2ncnc3[nH]ccc23)cn1)[C@@H]1CC1(F)F. The second-order valence-corrected chi connectivity index (χ2v) is 5.40. The first-order valence-electron chi connectivity index (χ1n) is 6.98. The first-order chi connectivity index (χ1) is 11.0. The summed E-state index contributed by atoms with van der Waals surface area (Å²) >= 11 is 0. The summed E-state index contributed by atoms with van der Waals surface area (Å²) < 4.78 is 25.7. The molecule has 116 valence electrons. The quantitative estimate of drug-likeness (QED) is 0.778. The van der Waals surface area contributed by atoms with Crippen molar-refractivity contribution in [1.82, 2.24) is 19.9 Å². The maximum atomic E-state index is 12.9. The molecule has 3 aromatic heterocycles. The number of amides is 1. The smallest absolute Gasteiger partial charge is 0.260 e. The lowest BCUT2D eigenvalue weighted by molar-refractivity contribution is -0.119. The molecule has 6 nitrogen and oxygen atoms in total. The van der Waals surface area contributed by atoms with Crippen LogP contribution in [0.1, 0.15) is 6.42 Å². The van der Waals surface area contributed by atoms with Crippen molar-refractivity contribution in [3.8, 4) is 11.3 Å². The lowest BCUT2D eigenvalue weighted by atomic mass is 10.1. The lowest BCUT2D eigenvalue weighted by Crippen LogP contribution is -2.18. The number of fused-ring (bicyclic) bond motifs is 1. The Morgan fingerprint density at radius 3 is 2.78 bits per heavy atom. The predicted octanol–water partition coefficient (Wildman–Crippen LogP) is 2.61. The molecule has 3 aromatic rings. The van der Waals surface area contributed by atoms with Crippen LogP contribution in [0, 0.1) is 5.92 Å². The number of aromatic amines is 1. The number of alkyl halides is 2. The van der Waals surface area contributed by atoms with E-state index in [1.807, 2.05) is 6.07 Å². The highest BCUT2D eigenvalue weighted by Gasteiger charge is 2.61. The molecular weight excluding hydrogens is 304 g/mol. The number of aromatic nitrogens is 4. The van der Waals surface area contributed by atoms with Crippen LogP contribution in [0.15, 0.2) is 36.9 Å². The van der Waals surface area contributed by atoms with Gasteiger partial charge in [-0.2, -0.15) is 0 Å². The summed E-state index contributed by atoms with van der Waals surface area (Å²) in [6, 6.07) is 5.15. The topological polar surface area (TPSA) is 83.6 Å². The second-order valence-electron chi connectivity index (χ2n) is 5.40. The van der Waals surface area contributed by atoms with Gasteiger partial charge < -0.3 is 10.3 Å². The van der Waals surface area contributed by atoms with Crippen LogP contribution in [0.2, 0.25) is 0 Å². The number of hydrogen-bond donors (Lipinski definition) is 2. The van der Waals surface area contributed by atoms with Crippen LogP contribution < -0.4 is 5.32 Å². The third kappa shape index (κ3) is 2.41. The van der Waals surface area contributed by atoms with Crippen molar-refractivity contribution in [2.75, 3.05) is 5.32 Å². The average Bonchev–Trinajstić information content (AvgIpc) is 2.96. The molecule has 23 heavy (non-hydrogen) atoms. The summed E-state index contributed by atoms with van der Waals surface area (Å²) in [4.78, 5) is 27.1. The first-order valence-corrected chi connectivity index (χ1v) is 6.98. The fraction of sp³-hybridized carbons (Fsp3) is 0.200. The van der Waals surface area contributed by atoms with Gasteiger partial charge in [0, 0.05) is 29.8 Å². The maximum Gasteiger partial charge on any atom is 0.260 e. The molecule has 3 heterocycles. The van der Waals surface area contributed by atoms with Crippen LogP contribution in [0.25, 0.3) is 22.3 Å². The van der Waals surface area contributed by atoms with E-state index in [9.17, 15) is 13.6 Å². The minimum atomic E-state index is -2.88. The molecule has 0 spiro atoms. The van der Waals surface area contributed by atoms with Crippen LogP contribution in [-0.4, -0.2) is 31.8 Å². The Hall–Kier alpha value is -2.90. The number of pyridine rings is 1. The van der Waals surface area contributed by atoms with Gasteiger partial charge in [-0.15, -0.1) is 0 Å². The number of carbonyl (C=O) groups excluding carboxylic acids is 1. The van der Waals surface area contributed by atoms with Crippen LogP contribution >= 0.6 is 0 Å². The van der Waals surface area contributed by atoms with E-state index in [2.05, 4.69) is 25.3 Å². The van der Waals surface area contributed by atoms with Crippen molar-refractivity contribution >= 4 is 22.8 Å². The molecule has 1 aliphatic rings. The molecule has 1 atom stereocenters. The summed E-state index contributed by atoms with van der Waals surface area (Å²) in [5.74, 6) is -4.60. The zero-order valence-corrected chi connectivity index (χ0v) is 11.8. The van der Waals surface area contributed by atoms with Crippen molar-refractivity contribution in [2.45, 2.75) is 12.3 Å². The zero-order chi connectivity index (χ0) is 16.0. The molecule has 0 unspecified atom stereocenters. The molecule has 1 amide bonds. The lowest BCUT2D eigenvalue weighted by Gasteiger charge is -2.05. The molecule has 0 radical (unpaired) electrons. The Morgan fingerprint density at radius 2 is 2.09 bits per heavy atom. The van der Waals surface area contributed by atoms with E-state index in [1.165, 1.54) is 12.5 Å². The average molecular weight is 315 g/mol. The third-order valence-electron chi connectivity index (χ3n) is 3.78. The van der Waals surface area contributed by atoms with Crippen molar-refractivity contribution < 1.29 is 13.6 Å². The van der Waals surface area contributed by atoms with Gasteiger partial charge in [0.1, 0.15) is 23.7 Å². The minimum Gasteiger partial charge on any atom is -0.346 e. The normalized spacial score (nSPS) is 18.8. The van der Waals surface area contributed by atoms with Gasteiger partial charge in [-0.25, -0.2) is 23.7 Å². The van der Waals surface area contributed by atoms with Crippen molar-refractivity contribution in [3.05, 3.63) is 36.9 Å². The van der Waals surface area contributed by atoms with Crippen LogP contribution in [-0.2, 0) is 4.79 Å². The Bertz CT molecular complexity index is 890. The van der Waals surface area contributed by atoms with E-state index in [-0.39, 0.29) is 5.82 Å². The number of nitrogens with zero attached hydrogens (tertiary/aromatic N) is 3. The van der Waals surface area contributed by atoms with Gasteiger partial charge in [0.05, 0.1) is 5.69 Å². The molecule has 8 heteroatoms. The largest absolute Gasteiger partial charge is 0.346 e. The summed E-state index contributed by atoms with van der Waals surface area (Å²) in [5.41, 5.74) is 2.16. The number of carbonyl (C=O) groups is 1. The molecule has 0 aliphatic heterocycles. The Kier molecular flexibility index (Phi) is 2.87. The summed E-state index contributed by atoms with van der Waals surface area (Å²) in [7, 11) is 0. The van der Waals surface area contributed by atoms with Gasteiger partial charge >= 0.3 is 0 Å². The number of rotatable bonds is 3. The van der Waals surface area contributed by atoms with E-state index in [1.54, 1.807) is 18.3 Å². The van der Waals surface area contributed by atoms with Gasteiger partial charge in [0.15, 0.2) is 0 Å². The predicted molar refractivity (Wildman–Crippen MR) is 78.8 cm³/mol. The van der Waals surface area contributed by atoms with Crippen molar-refractivity contribution in [1.29, 1.82) is 0 Å². The van der Waals surface area contributed by atoms with Crippen molar-refractivity contribution in [2.24, 2.45) is 5.92 Å². The highest BCUT2D eigenvalue weighted by Crippen LogP contribution is 2.49. The number of halogens is 2. The summed E-state index contributed by atoms with van der Waals surface area (Å²) in [6.07, 6.45) is 4.35. The zero-order valence-electron chi connectivity index (χ0n) is 11.8. The van der Waals surface area contributed by atoms with Crippen LogP contribution in [0.5, 0.6) is 0 Å². The second kappa shape index (κ2) is 4.80. The van der Waals surface area contributed by atoms with E-state index >= 15 is 0 Å². The minimum absolute atomic E-state index is 0.237. The van der Waals surface area contributed by atoms with Crippen molar-refractivity contribution in [3.63, 3.8) is 0 Å². The number of anilines is 1. The molecule has 0 bridgehead atoms. The molecular formula is C15H11F2N5O. The van der Waals surface area contributed by atoms with Crippen LogP contribution in [0.3, 0.4) is 0 Å². The fourth-order valence-electron chi connectivity index (χ4n) is 2.42. The van der Waals surface area contributed by atoms with Gasteiger partial charge in [-0.3, -0.25) is 4.79 Å². The van der Waals surface area contributed by atoms with Gasteiger partial charge in [-0.05, 0) is 18.2 Å². The molecule has 4 rings (SSSR count). The standard InChI is InChI=1S/C15H11F2N5O/c16-15(17)5-10(15)14(23)22-11-2-1-8(6-19-11)12-9-3-4-18-13(9)21-7-20-12/h1-4,6-7,10H,5H2,(H,18,20,21)(H,19,22,23)/t10-/m0/s1. The third-order valence-corrected chi connectivity index (χ3v) is 3.78. The molecule has 0 saturated heterocycles. The Morgan fingerprint density at radius 1 is 1.26 bits per heavy atom. The highest BCUT2D eigenvalue weighted by atomic mass is 19.3. The number of nitrogens with one attached hydrogen (secondary N) is 2. The first kappa shape index (κ1) is 13.7. The fourth-order valence-corrected chi connectivity index (χ4v) is 2.42. The summed E-state index contributed by atoms with van der Waals surface area (Å²) in [5, 5.41) is 3.25. The molecule has 1 aliphatic carbocycles. The van der Waals surface area contributed by atoms with E-state index in [0.29, 0.717) is 11.3 Å². The number of hydrogen-bond acceptors (Lipinski definition) is 4. The monoisotopic (exact) mass is 315 g/mol. The van der Waals surface area contributed by atoms with Gasteiger partial charge in [0.25, 0.3) is 5.92 Å². The van der Waals surface area contributed by atoms with E-state index in [4.69, 9.17) is 0 Å². The summed E-state index contributed by atoms with van der Waals surface area (Å²) in [6.45, 7) is 0. The Balaban J connectivity index is 1.56. The van der Waals surface area contributed by atoms with E-state index < -0.39 is 24.2 Å². The molecule has 2 N–H and O–H groups in total. The van der Waals surface area contributed by atoms with E-state index in [0.717, 1.165) is 10.9 Å². The molecule has 1 fully saturated rings. The molecule has 1 saturated carbocycles. The highest BCUT2D eigenvalue weighted by molar-refractivity contribution is 5.95. The van der Waals surface area contributed by atoms with Crippen LogP contribution in [0.4, 0.5) is 14.6 Å². The maximum absolute atomic E-state index is 12.9. The van der Waals surface area contributed by atoms with Gasteiger partial charge in [-0.1, -0.05) is 0 Å². The number of H-pyrrole nitrogens is 1. The van der Waals surface area contributed by atoms with Gasteiger partial charge in [0.2, 0.25) is 5.91 Å². The Labute approximate surface area is 129 Å².